The lowest BCUT2D eigenvalue weighted by molar-refractivity contribution is 0.0635. The topological polar surface area (TPSA) is 84.7 Å². The van der Waals surface area contributed by atoms with E-state index in [9.17, 15) is 14.0 Å². The summed E-state index contributed by atoms with van der Waals surface area (Å²) in [4.78, 5) is 29.7. The fraction of sp³-hybridized carbons (Fsp3) is 0.375. The lowest BCUT2D eigenvalue weighted by Gasteiger charge is -2.21. The van der Waals surface area contributed by atoms with Crippen molar-refractivity contribution in [3.05, 3.63) is 70.9 Å². The molecule has 2 aromatic heterocycles. The van der Waals surface area contributed by atoms with Gasteiger partial charge >= 0.3 is 0 Å². The van der Waals surface area contributed by atoms with Crippen LogP contribution in [0.4, 0.5) is 4.39 Å². The number of nitrogens with one attached hydrogen (secondary N) is 2. The number of carbonyl (C=O) groups is 2. The number of pyridine rings is 1. The third-order valence-electron chi connectivity index (χ3n) is 5.81. The molecule has 0 aliphatic carbocycles. The zero-order valence-corrected chi connectivity index (χ0v) is 18.1. The summed E-state index contributed by atoms with van der Waals surface area (Å²) in [5, 5.41) is 5.77. The van der Waals surface area contributed by atoms with E-state index >= 15 is 0 Å². The van der Waals surface area contributed by atoms with Crippen molar-refractivity contribution >= 4 is 17.5 Å². The molecule has 0 bridgehead atoms. The quantitative estimate of drug-likeness (QED) is 0.593. The van der Waals surface area contributed by atoms with Crippen molar-refractivity contribution in [3.63, 3.8) is 0 Å². The molecule has 3 aromatic rings. The highest BCUT2D eigenvalue weighted by Crippen LogP contribution is 2.18. The molecule has 168 valence electrons. The first kappa shape index (κ1) is 22.0. The minimum absolute atomic E-state index is 0.200. The Hall–Kier alpha value is -3.26. The van der Waals surface area contributed by atoms with Gasteiger partial charge in [-0.2, -0.15) is 0 Å². The van der Waals surface area contributed by atoms with Gasteiger partial charge in [-0.1, -0.05) is 18.2 Å². The molecular weight excluding hydrogens is 411 g/mol. The number of hydrogen-bond donors (Lipinski definition) is 2. The fourth-order valence-electron chi connectivity index (χ4n) is 3.91. The highest BCUT2D eigenvalue weighted by Gasteiger charge is 2.17. The van der Waals surface area contributed by atoms with Crippen LogP contribution in [0.25, 0.3) is 5.65 Å². The van der Waals surface area contributed by atoms with Gasteiger partial charge in [-0.15, -0.1) is 0 Å². The summed E-state index contributed by atoms with van der Waals surface area (Å²) in [6.45, 7) is 4.11. The molecule has 2 N–H and O–H groups in total. The molecule has 32 heavy (non-hydrogen) atoms. The summed E-state index contributed by atoms with van der Waals surface area (Å²) >= 11 is 0. The van der Waals surface area contributed by atoms with E-state index in [1.165, 1.54) is 6.07 Å². The molecule has 3 heterocycles. The van der Waals surface area contributed by atoms with Crippen molar-refractivity contribution in [2.45, 2.75) is 32.7 Å². The third kappa shape index (κ3) is 5.13. The van der Waals surface area contributed by atoms with Gasteiger partial charge in [0.1, 0.15) is 22.9 Å². The van der Waals surface area contributed by atoms with E-state index in [2.05, 4.69) is 15.6 Å². The predicted molar refractivity (Wildman–Crippen MR) is 118 cm³/mol. The third-order valence-corrected chi connectivity index (χ3v) is 5.81. The lowest BCUT2D eigenvalue weighted by Crippen LogP contribution is -2.28. The minimum Gasteiger partial charge on any atom is -0.381 e. The van der Waals surface area contributed by atoms with E-state index in [4.69, 9.17) is 4.74 Å². The minimum atomic E-state index is -0.360. The van der Waals surface area contributed by atoms with Gasteiger partial charge in [0.05, 0.1) is 0 Å². The van der Waals surface area contributed by atoms with Gasteiger partial charge in [-0.25, -0.2) is 9.37 Å². The molecular formula is C24H27FN4O3. The number of amides is 2. The van der Waals surface area contributed by atoms with Crippen LogP contribution in [0.2, 0.25) is 0 Å². The van der Waals surface area contributed by atoms with E-state index in [0.717, 1.165) is 38.0 Å². The Kier molecular flexibility index (Phi) is 6.80. The lowest BCUT2D eigenvalue weighted by atomic mass is 9.97. The highest BCUT2D eigenvalue weighted by molar-refractivity contribution is 5.95. The average molecular weight is 439 g/mol. The number of benzene rings is 1. The van der Waals surface area contributed by atoms with E-state index in [0.29, 0.717) is 29.4 Å². The summed E-state index contributed by atoms with van der Waals surface area (Å²) in [5.74, 6) is -0.261. The van der Waals surface area contributed by atoms with E-state index in [-0.39, 0.29) is 29.9 Å². The number of rotatable bonds is 7. The summed E-state index contributed by atoms with van der Waals surface area (Å²) in [6.07, 6.45) is 4.55. The number of halogens is 1. The number of ether oxygens (including phenoxy) is 1. The zero-order chi connectivity index (χ0) is 22.5. The first-order valence-corrected chi connectivity index (χ1v) is 10.9. The van der Waals surface area contributed by atoms with Crippen molar-refractivity contribution in [1.82, 2.24) is 20.0 Å². The Morgan fingerprint density at radius 3 is 2.75 bits per heavy atom. The zero-order valence-electron chi connectivity index (χ0n) is 18.1. The van der Waals surface area contributed by atoms with Crippen LogP contribution < -0.4 is 10.6 Å². The maximum Gasteiger partial charge on any atom is 0.271 e. The Balaban J connectivity index is 1.39. The first-order chi connectivity index (χ1) is 15.5. The number of nitrogens with zero attached hydrogens (tertiary/aromatic N) is 2. The second-order valence-corrected chi connectivity index (χ2v) is 8.13. The number of hydrogen-bond acceptors (Lipinski definition) is 4. The van der Waals surface area contributed by atoms with Crippen molar-refractivity contribution in [2.75, 3.05) is 19.8 Å². The normalized spacial score (nSPS) is 14.4. The summed E-state index contributed by atoms with van der Waals surface area (Å²) in [5.41, 5.74) is 2.48. The van der Waals surface area contributed by atoms with Crippen LogP contribution in [0.1, 0.15) is 51.4 Å². The second-order valence-electron chi connectivity index (χ2n) is 8.13. The molecule has 2 amide bonds. The van der Waals surface area contributed by atoms with Crippen molar-refractivity contribution in [3.8, 4) is 0 Å². The van der Waals surface area contributed by atoms with E-state index in [1.54, 1.807) is 47.9 Å². The standard InChI is InChI=1S/C24H27FN4O3/c1-16-13-18(5-6-19(16)25)14-27-23(30)20-15-29-21(3-2-4-22(29)28-20)24(31)26-10-7-17-8-11-32-12-9-17/h2-6,13,15,17H,7-12,14H2,1H3,(H,26,31)(H,27,30). The monoisotopic (exact) mass is 438 g/mol. The molecule has 1 aliphatic heterocycles. The Bertz CT molecular complexity index is 1120. The first-order valence-electron chi connectivity index (χ1n) is 10.9. The van der Waals surface area contributed by atoms with Gasteiger partial charge in [0.15, 0.2) is 0 Å². The van der Waals surface area contributed by atoms with E-state index < -0.39 is 0 Å². The largest absolute Gasteiger partial charge is 0.381 e. The molecule has 0 unspecified atom stereocenters. The van der Waals surface area contributed by atoms with Crippen molar-refractivity contribution < 1.29 is 18.7 Å². The SMILES string of the molecule is Cc1cc(CNC(=O)c2cn3c(C(=O)NCCC4CCOCC4)cccc3n2)ccc1F. The van der Waals surface area contributed by atoms with Crippen LogP contribution in [0.5, 0.6) is 0 Å². The van der Waals surface area contributed by atoms with Gasteiger partial charge in [0.2, 0.25) is 0 Å². The van der Waals surface area contributed by atoms with Crippen LogP contribution >= 0.6 is 0 Å². The summed E-state index contributed by atoms with van der Waals surface area (Å²) in [7, 11) is 0. The molecule has 4 rings (SSSR count). The molecule has 0 spiro atoms. The van der Waals surface area contributed by atoms with Gasteiger partial charge in [0, 0.05) is 32.5 Å². The molecule has 0 atom stereocenters. The van der Waals surface area contributed by atoms with Gasteiger partial charge in [-0.3, -0.25) is 14.0 Å². The molecule has 1 saturated heterocycles. The smallest absolute Gasteiger partial charge is 0.271 e. The van der Waals surface area contributed by atoms with Crippen LogP contribution in [-0.2, 0) is 11.3 Å². The Labute approximate surface area is 186 Å². The van der Waals surface area contributed by atoms with Gasteiger partial charge < -0.3 is 15.4 Å². The maximum absolute atomic E-state index is 13.4. The van der Waals surface area contributed by atoms with Crippen molar-refractivity contribution in [1.29, 1.82) is 0 Å². The summed E-state index contributed by atoms with van der Waals surface area (Å²) < 4.78 is 20.4. The van der Waals surface area contributed by atoms with Gasteiger partial charge in [0.25, 0.3) is 11.8 Å². The summed E-state index contributed by atoms with van der Waals surface area (Å²) in [6, 6.07) is 9.92. The Morgan fingerprint density at radius 1 is 1.16 bits per heavy atom. The molecule has 8 heteroatoms. The molecule has 1 fully saturated rings. The number of imidazole rings is 1. The number of aryl methyl sites for hydroxylation is 1. The molecule has 1 aliphatic rings. The van der Waals surface area contributed by atoms with Crippen molar-refractivity contribution in [2.24, 2.45) is 5.92 Å². The van der Waals surface area contributed by atoms with E-state index in [1.807, 2.05) is 0 Å². The van der Waals surface area contributed by atoms with Crippen LogP contribution in [0, 0.1) is 18.7 Å². The average Bonchev–Trinajstić information content (AvgIpc) is 3.25. The molecule has 0 radical (unpaired) electrons. The fourth-order valence-corrected chi connectivity index (χ4v) is 3.91. The molecule has 7 nitrogen and oxygen atoms in total. The molecule has 0 saturated carbocycles. The Morgan fingerprint density at radius 2 is 1.97 bits per heavy atom. The molecule has 1 aromatic carbocycles. The van der Waals surface area contributed by atoms with Crippen LogP contribution in [-0.4, -0.2) is 41.0 Å². The number of aromatic nitrogens is 2. The number of fused-ring (bicyclic) bond motifs is 1. The van der Waals surface area contributed by atoms with Crippen LogP contribution in [0.3, 0.4) is 0 Å². The van der Waals surface area contributed by atoms with Crippen LogP contribution in [0.15, 0.2) is 42.6 Å². The maximum atomic E-state index is 13.4. The number of carbonyl (C=O) groups excluding carboxylic acids is 2. The second kappa shape index (κ2) is 9.91. The highest BCUT2D eigenvalue weighted by atomic mass is 19.1. The van der Waals surface area contributed by atoms with Gasteiger partial charge in [-0.05, 0) is 61.4 Å². The predicted octanol–water partition coefficient (Wildman–Crippen LogP) is 3.26.